The predicted molar refractivity (Wildman–Crippen MR) is 100 cm³/mol. The molecule has 2 aromatic heterocycles. The van der Waals surface area contributed by atoms with Crippen LogP contribution in [-0.2, 0) is 12.6 Å². The van der Waals surface area contributed by atoms with Gasteiger partial charge in [0.1, 0.15) is 6.33 Å². The van der Waals surface area contributed by atoms with Crippen molar-refractivity contribution in [3.63, 3.8) is 0 Å². The Labute approximate surface area is 161 Å². The molecule has 4 nitrogen and oxygen atoms in total. The zero-order valence-electron chi connectivity index (χ0n) is 14.3. The molecule has 2 heterocycles. The van der Waals surface area contributed by atoms with Gasteiger partial charge in [0, 0.05) is 17.5 Å². The van der Waals surface area contributed by atoms with Gasteiger partial charge in [-0.05, 0) is 29.1 Å². The standard InChI is InChI=1S/C20H13F3N2O2S/c21-20(22,23)14-5-1-3-12(7-14)8-15-9-13-4-2-6-17(18(13)28-15)25-10-16(19(26)27)24-11-25/h1-7,9-11H,8H2,(H,26,27). The normalized spacial score (nSPS) is 11.8. The number of alkyl halides is 3. The van der Waals surface area contributed by atoms with Crippen molar-refractivity contribution >= 4 is 27.4 Å². The van der Waals surface area contributed by atoms with Crippen molar-refractivity contribution in [2.24, 2.45) is 0 Å². The monoisotopic (exact) mass is 402 g/mol. The first kappa shape index (κ1) is 18.2. The Balaban J connectivity index is 1.70. The fraction of sp³-hybridized carbons (Fsp3) is 0.100. The average molecular weight is 402 g/mol. The lowest BCUT2D eigenvalue weighted by Crippen LogP contribution is -2.05. The van der Waals surface area contributed by atoms with Crippen molar-refractivity contribution in [1.82, 2.24) is 9.55 Å². The highest BCUT2D eigenvalue weighted by molar-refractivity contribution is 7.19. The molecule has 0 atom stereocenters. The molecular weight excluding hydrogens is 389 g/mol. The third-order valence-corrected chi connectivity index (χ3v) is 5.46. The maximum Gasteiger partial charge on any atom is 0.416 e. The van der Waals surface area contributed by atoms with E-state index >= 15 is 0 Å². The summed E-state index contributed by atoms with van der Waals surface area (Å²) in [5.74, 6) is -1.11. The molecule has 2 aromatic carbocycles. The van der Waals surface area contributed by atoms with Crippen molar-refractivity contribution < 1.29 is 23.1 Å². The van der Waals surface area contributed by atoms with E-state index in [2.05, 4.69) is 4.98 Å². The number of carbonyl (C=O) groups is 1. The number of hydrogen-bond donors (Lipinski definition) is 1. The molecule has 0 fully saturated rings. The SMILES string of the molecule is O=C(O)c1cn(-c2cccc3cc(Cc4cccc(C(F)(F)F)c4)sc23)cn1. The number of thiophene rings is 1. The van der Waals surface area contributed by atoms with Crippen LogP contribution in [0.25, 0.3) is 15.8 Å². The molecular formula is C20H13F3N2O2S. The maximum atomic E-state index is 12.9. The van der Waals surface area contributed by atoms with Gasteiger partial charge >= 0.3 is 12.1 Å². The van der Waals surface area contributed by atoms with Crippen LogP contribution in [0.5, 0.6) is 0 Å². The number of imidazole rings is 1. The summed E-state index contributed by atoms with van der Waals surface area (Å²) in [6.07, 6.45) is -1.12. The summed E-state index contributed by atoms with van der Waals surface area (Å²) in [6, 6.07) is 12.9. The first-order valence-corrected chi connectivity index (χ1v) is 9.08. The van der Waals surface area contributed by atoms with Crippen LogP contribution in [-0.4, -0.2) is 20.6 Å². The van der Waals surface area contributed by atoms with E-state index in [1.165, 1.54) is 36.0 Å². The summed E-state index contributed by atoms with van der Waals surface area (Å²) in [4.78, 5) is 15.8. The summed E-state index contributed by atoms with van der Waals surface area (Å²) in [5, 5.41) is 9.99. The molecule has 1 N–H and O–H groups in total. The summed E-state index contributed by atoms with van der Waals surface area (Å²) >= 11 is 1.47. The topological polar surface area (TPSA) is 55.1 Å². The van der Waals surface area contributed by atoms with E-state index in [1.807, 2.05) is 24.3 Å². The first-order valence-electron chi connectivity index (χ1n) is 8.26. The highest BCUT2D eigenvalue weighted by Crippen LogP contribution is 2.34. The van der Waals surface area contributed by atoms with Gasteiger partial charge in [-0.2, -0.15) is 13.2 Å². The Morgan fingerprint density at radius 3 is 2.64 bits per heavy atom. The third-order valence-electron chi connectivity index (χ3n) is 4.29. The lowest BCUT2D eigenvalue weighted by Gasteiger charge is -2.08. The Morgan fingerprint density at radius 2 is 1.93 bits per heavy atom. The predicted octanol–water partition coefficient (Wildman–Crippen LogP) is 5.39. The number of halogens is 3. The molecule has 0 aliphatic rings. The third kappa shape index (κ3) is 3.50. The molecule has 0 aliphatic heterocycles. The van der Waals surface area contributed by atoms with Gasteiger partial charge in [-0.15, -0.1) is 11.3 Å². The molecule has 4 rings (SSSR count). The molecule has 4 aromatic rings. The molecule has 0 unspecified atom stereocenters. The van der Waals surface area contributed by atoms with Gasteiger partial charge in [0.25, 0.3) is 0 Å². The van der Waals surface area contributed by atoms with Crippen LogP contribution in [0, 0.1) is 0 Å². The van der Waals surface area contributed by atoms with Crippen molar-refractivity contribution in [2.45, 2.75) is 12.6 Å². The van der Waals surface area contributed by atoms with Gasteiger partial charge < -0.3 is 9.67 Å². The van der Waals surface area contributed by atoms with Crippen LogP contribution in [0.4, 0.5) is 13.2 Å². The number of carboxylic acid groups (broad SMARTS) is 1. The largest absolute Gasteiger partial charge is 0.476 e. The van der Waals surface area contributed by atoms with Crippen LogP contribution < -0.4 is 0 Å². The van der Waals surface area contributed by atoms with Gasteiger partial charge in [0.15, 0.2) is 5.69 Å². The molecule has 0 aliphatic carbocycles. The summed E-state index contributed by atoms with van der Waals surface area (Å²) in [7, 11) is 0. The second kappa shape index (κ2) is 6.79. The van der Waals surface area contributed by atoms with E-state index in [0.29, 0.717) is 12.0 Å². The van der Waals surface area contributed by atoms with Crippen LogP contribution in [0.1, 0.15) is 26.5 Å². The summed E-state index contributed by atoms with van der Waals surface area (Å²) in [5.41, 5.74) is 0.640. The van der Waals surface area contributed by atoms with E-state index < -0.39 is 17.7 Å². The number of carboxylic acids is 1. The molecule has 0 bridgehead atoms. The van der Waals surface area contributed by atoms with E-state index in [1.54, 1.807) is 10.6 Å². The highest BCUT2D eigenvalue weighted by Gasteiger charge is 2.30. The number of hydrogen-bond acceptors (Lipinski definition) is 3. The number of benzene rings is 2. The number of aromatic carboxylic acids is 1. The summed E-state index contributed by atoms with van der Waals surface area (Å²) in [6.45, 7) is 0. The Kier molecular flexibility index (Phi) is 4.43. The van der Waals surface area contributed by atoms with Gasteiger partial charge in [-0.3, -0.25) is 0 Å². The number of rotatable bonds is 4. The minimum absolute atomic E-state index is 0.0576. The zero-order valence-corrected chi connectivity index (χ0v) is 15.1. The molecule has 0 amide bonds. The highest BCUT2D eigenvalue weighted by atomic mass is 32.1. The maximum absolute atomic E-state index is 12.9. The quantitative estimate of drug-likeness (QED) is 0.498. The van der Waals surface area contributed by atoms with Crippen LogP contribution >= 0.6 is 11.3 Å². The minimum atomic E-state index is -4.37. The molecule has 28 heavy (non-hydrogen) atoms. The van der Waals surface area contributed by atoms with Crippen LogP contribution in [0.2, 0.25) is 0 Å². The van der Waals surface area contributed by atoms with Gasteiger partial charge in [-0.25, -0.2) is 9.78 Å². The molecule has 142 valence electrons. The van der Waals surface area contributed by atoms with Crippen molar-refractivity contribution in [3.05, 3.63) is 82.8 Å². The number of aromatic nitrogens is 2. The van der Waals surface area contributed by atoms with E-state index in [-0.39, 0.29) is 5.69 Å². The summed E-state index contributed by atoms with van der Waals surface area (Å²) < 4.78 is 41.3. The van der Waals surface area contributed by atoms with Gasteiger partial charge in [0.05, 0.1) is 16.0 Å². The molecule has 0 saturated carbocycles. The lowest BCUT2D eigenvalue weighted by atomic mass is 10.1. The van der Waals surface area contributed by atoms with Gasteiger partial charge in [-0.1, -0.05) is 30.3 Å². The minimum Gasteiger partial charge on any atom is -0.476 e. The Bertz CT molecular complexity index is 1180. The molecule has 8 heteroatoms. The second-order valence-corrected chi connectivity index (χ2v) is 7.39. The first-order chi connectivity index (χ1) is 13.3. The van der Waals surface area contributed by atoms with E-state index in [4.69, 9.17) is 5.11 Å². The van der Waals surface area contributed by atoms with Crippen molar-refractivity contribution in [3.8, 4) is 5.69 Å². The smallest absolute Gasteiger partial charge is 0.416 e. The molecule has 0 spiro atoms. The molecule has 0 saturated heterocycles. The van der Waals surface area contributed by atoms with E-state index in [9.17, 15) is 18.0 Å². The van der Waals surface area contributed by atoms with Gasteiger partial charge in [0.2, 0.25) is 0 Å². The second-order valence-electron chi connectivity index (χ2n) is 6.25. The molecule has 0 radical (unpaired) electrons. The fourth-order valence-corrected chi connectivity index (χ4v) is 4.23. The fourth-order valence-electron chi connectivity index (χ4n) is 3.02. The lowest BCUT2D eigenvalue weighted by molar-refractivity contribution is -0.137. The van der Waals surface area contributed by atoms with Crippen molar-refractivity contribution in [1.29, 1.82) is 0 Å². The Hall–Kier alpha value is -3.13. The number of nitrogens with zero attached hydrogens (tertiary/aromatic N) is 2. The zero-order chi connectivity index (χ0) is 19.9. The van der Waals surface area contributed by atoms with Crippen LogP contribution in [0.3, 0.4) is 0 Å². The van der Waals surface area contributed by atoms with E-state index in [0.717, 1.165) is 26.7 Å². The van der Waals surface area contributed by atoms with Crippen LogP contribution in [0.15, 0.2) is 61.1 Å². The number of fused-ring (bicyclic) bond motifs is 1. The average Bonchev–Trinajstić information content (AvgIpc) is 3.27. The van der Waals surface area contributed by atoms with Crippen molar-refractivity contribution in [2.75, 3.05) is 0 Å². The Morgan fingerprint density at radius 1 is 1.14 bits per heavy atom.